The molecule has 0 fully saturated rings. The molecule has 0 radical (unpaired) electrons. The van der Waals surface area contributed by atoms with E-state index in [1.807, 2.05) is 41.4 Å². The van der Waals surface area contributed by atoms with Crippen LogP contribution in [0.15, 0.2) is 58.3 Å². The van der Waals surface area contributed by atoms with E-state index in [-0.39, 0.29) is 11.7 Å². The minimum atomic E-state index is -0.319. The van der Waals surface area contributed by atoms with Crippen LogP contribution >= 0.6 is 11.3 Å². The highest BCUT2D eigenvalue weighted by Crippen LogP contribution is 2.45. The monoisotopic (exact) mass is 322 g/mol. The van der Waals surface area contributed by atoms with E-state index in [0.717, 1.165) is 24.2 Å². The summed E-state index contributed by atoms with van der Waals surface area (Å²) in [6.45, 7) is 0. The molecule has 4 rings (SSSR count). The number of ketones is 1. The van der Waals surface area contributed by atoms with Gasteiger partial charge < -0.3 is 4.74 Å². The summed E-state index contributed by atoms with van der Waals surface area (Å²) in [5.41, 5.74) is 2.15. The molecule has 114 valence electrons. The van der Waals surface area contributed by atoms with Gasteiger partial charge in [-0.2, -0.15) is 16.6 Å². The second-order valence-electron chi connectivity index (χ2n) is 5.63. The number of rotatable bonds is 2. The number of hydrogen-bond donors (Lipinski definition) is 0. The highest BCUT2D eigenvalue weighted by atomic mass is 32.1. The van der Waals surface area contributed by atoms with Gasteiger partial charge in [0.15, 0.2) is 5.78 Å². The van der Waals surface area contributed by atoms with Crippen LogP contribution in [0.5, 0.6) is 0 Å². The van der Waals surface area contributed by atoms with Crippen molar-refractivity contribution in [1.82, 2.24) is 4.57 Å². The number of Topliss-reactive ketones (excluding diaryl/α,β-unsaturated/α-hetero) is 1. The standard InChI is InChI=1S/C18H14N2O2S/c19-10-13-16(12-6-9-23-11-12)17-14(21)4-3-5-15(17)22-18(13)20-7-1-2-8-20/h1-2,6-9,11,16H,3-5H2. The van der Waals surface area contributed by atoms with Crippen molar-refractivity contribution in [3.05, 3.63) is 63.8 Å². The lowest BCUT2D eigenvalue weighted by Crippen LogP contribution is -2.25. The van der Waals surface area contributed by atoms with E-state index in [1.165, 1.54) is 0 Å². The summed E-state index contributed by atoms with van der Waals surface area (Å²) in [6.07, 6.45) is 5.78. The van der Waals surface area contributed by atoms with Crippen LogP contribution in [0.1, 0.15) is 30.7 Å². The van der Waals surface area contributed by atoms with Gasteiger partial charge in [-0.15, -0.1) is 0 Å². The van der Waals surface area contributed by atoms with Gasteiger partial charge in [-0.05, 0) is 40.9 Å². The minimum Gasteiger partial charge on any atom is -0.443 e. The Morgan fingerprint density at radius 2 is 2.13 bits per heavy atom. The van der Waals surface area contributed by atoms with Crippen LogP contribution in [0.4, 0.5) is 0 Å². The number of nitrogens with zero attached hydrogens (tertiary/aromatic N) is 2. The van der Waals surface area contributed by atoms with Crippen molar-refractivity contribution in [2.75, 3.05) is 0 Å². The highest BCUT2D eigenvalue weighted by Gasteiger charge is 2.39. The first-order chi connectivity index (χ1) is 11.3. The lowest BCUT2D eigenvalue weighted by molar-refractivity contribution is -0.116. The van der Waals surface area contributed by atoms with E-state index in [4.69, 9.17) is 4.74 Å². The third kappa shape index (κ3) is 2.23. The Bertz CT molecular complexity index is 851. The number of ether oxygens (including phenoxy) is 1. The maximum atomic E-state index is 12.5. The molecule has 2 aromatic rings. The zero-order valence-corrected chi connectivity index (χ0v) is 13.2. The zero-order chi connectivity index (χ0) is 15.8. The second-order valence-corrected chi connectivity index (χ2v) is 6.41. The molecule has 5 heteroatoms. The van der Waals surface area contributed by atoms with Gasteiger partial charge in [-0.3, -0.25) is 9.36 Å². The molecule has 0 saturated heterocycles. The van der Waals surface area contributed by atoms with Crippen LogP contribution in [-0.4, -0.2) is 10.4 Å². The Morgan fingerprint density at radius 3 is 2.83 bits per heavy atom. The average Bonchev–Trinajstić information content (AvgIpc) is 3.27. The van der Waals surface area contributed by atoms with Crippen molar-refractivity contribution in [1.29, 1.82) is 5.26 Å². The number of carbonyl (C=O) groups is 1. The molecule has 1 aliphatic heterocycles. The molecule has 0 spiro atoms. The van der Waals surface area contributed by atoms with Crippen molar-refractivity contribution in [3.63, 3.8) is 0 Å². The molecule has 0 saturated carbocycles. The van der Waals surface area contributed by atoms with E-state index in [0.29, 0.717) is 23.5 Å². The van der Waals surface area contributed by atoms with E-state index in [9.17, 15) is 10.1 Å². The molecule has 0 amide bonds. The molecule has 23 heavy (non-hydrogen) atoms. The summed E-state index contributed by atoms with van der Waals surface area (Å²) in [7, 11) is 0. The van der Waals surface area contributed by atoms with E-state index in [1.54, 1.807) is 15.9 Å². The fourth-order valence-corrected chi connectivity index (χ4v) is 3.93. The predicted octanol–water partition coefficient (Wildman–Crippen LogP) is 4.06. The van der Waals surface area contributed by atoms with Crippen LogP contribution < -0.4 is 0 Å². The van der Waals surface area contributed by atoms with Gasteiger partial charge in [0.1, 0.15) is 17.4 Å². The Hall–Kier alpha value is -2.58. The molecule has 1 atom stereocenters. The third-order valence-electron chi connectivity index (χ3n) is 4.27. The summed E-state index contributed by atoms with van der Waals surface area (Å²) in [5, 5.41) is 13.8. The molecule has 2 aromatic heterocycles. The number of thiophene rings is 1. The normalized spacial score (nSPS) is 21.0. The first-order valence-electron chi connectivity index (χ1n) is 7.53. The fraction of sp³-hybridized carbons (Fsp3) is 0.222. The van der Waals surface area contributed by atoms with E-state index in [2.05, 4.69) is 6.07 Å². The number of allylic oxidation sites excluding steroid dienone is 3. The molecule has 4 nitrogen and oxygen atoms in total. The summed E-state index contributed by atoms with van der Waals surface area (Å²) in [5.74, 6) is 1.02. The second kappa shape index (κ2) is 5.56. The zero-order valence-electron chi connectivity index (χ0n) is 12.4. The van der Waals surface area contributed by atoms with Gasteiger partial charge in [0, 0.05) is 30.8 Å². The van der Waals surface area contributed by atoms with Gasteiger partial charge in [-0.1, -0.05) is 0 Å². The van der Waals surface area contributed by atoms with E-state index >= 15 is 0 Å². The summed E-state index contributed by atoms with van der Waals surface area (Å²) in [6, 6.07) is 8.05. The van der Waals surface area contributed by atoms with Crippen LogP contribution in [0.2, 0.25) is 0 Å². The lowest BCUT2D eigenvalue weighted by Gasteiger charge is -2.31. The van der Waals surface area contributed by atoms with Crippen molar-refractivity contribution < 1.29 is 9.53 Å². The van der Waals surface area contributed by atoms with Gasteiger partial charge in [0.25, 0.3) is 0 Å². The van der Waals surface area contributed by atoms with Gasteiger partial charge in [0.2, 0.25) is 5.88 Å². The molecule has 0 bridgehead atoms. The van der Waals surface area contributed by atoms with Crippen molar-refractivity contribution >= 4 is 23.0 Å². The van der Waals surface area contributed by atoms with Crippen molar-refractivity contribution in [2.24, 2.45) is 0 Å². The van der Waals surface area contributed by atoms with Crippen LogP contribution in [0.3, 0.4) is 0 Å². The molecule has 1 aliphatic carbocycles. The van der Waals surface area contributed by atoms with Crippen molar-refractivity contribution in [2.45, 2.75) is 25.2 Å². The summed E-state index contributed by atoms with van der Waals surface area (Å²) in [4.78, 5) is 12.5. The molecule has 3 heterocycles. The summed E-state index contributed by atoms with van der Waals surface area (Å²) >= 11 is 1.57. The van der Waals surface area contributed by atoms with Crippen molar-refractivity contribution in [3.8, 4) is 6.07 Å². The topological polar surface area (TPSA) is 55.0 Å². The molecular formula is C18H14N2O2S. The number of hydrogen-bond acceptors (Lipinski definition) is 4. The average molecular weight is 322 g/mol. The largest absolute Gasteiger partial charge is 0.443 e. The molecule has 2 aliphatic rings. The maximum Gasteiger partial charge on any atom is 0.218 e. The lowest BCUT2D eigenvalue weighted by atomic mass is 9.78. The Morgan fingerprint density at radius 1 is 1.30 bits per heavy atom. The fourth-order valence-electron chi connectivity index (χ4n) is 3.25. The van der Waals surface area contributed by atoms with Crippen LogP contribution in [0.25, 0.3) is 5.88 Å². The van der Waals surface area contributed by atoms with Crippen LogP contribution in [0, 0.1) is 11.3 Å². The van der Waals surface area contributed by atoms with Gasteiger partial charge in [-0.25, -0.2) is 0 Å². The molecule has 1 unspecified atom stereocenters. The quantitative estimate of drug-likeness (QED) is 0.837. The SMILES string of the molecule is N#CC1=C(n2cccc2)OC2=C(C(=O)CCC2)C1c1ccsc1. The first kappa shape index (κ1) is 14.0. The Balaban J connectivity index is 1.94. The Kier molecular flexibility index (Phi) is 3.40. The smallest absolute Gasteiger partial charge is 0.218 e. The molecule has 0 aromatic carbocycles. The van der Waals surface area contributed by atoms with Gasteiger partial charge >= 0.3 is 0 Å². The first-order valence-corrected chi connectivity index (χ1v) is 8.47. The molecular weight excluding hydrogens is 308 g/mol. The Labute approximate surface area is 137 Å². The van der Waals surface area contributed by atoms with Crippen LogP contribution in [-0.2, 0) is 9.53 Å². The number of aromatic nitrogens is 1. The predicted molar refractivity (Wildman–Crippen MR) is 87.3 cm³/mol. The maximum absolute atomic E-state index is 12.5. The molecule has 0 N–H and O–H groups in total. The van der Waals surface area contributed by atoms with Gasteiger partial charge in [0.05, 0.1) is 5.92 Å². The number of carbonyl (C=O) groups excluding carboxylic acids is 1. The third-order valence-corrected chi connectivity index (χ3v) is 4.97. The number of nitriles is 1. The highest BCUT2D eigenvalue weighted by molar-refractivity contribution is 7.08. The van der Waals surface area contributed by atoms with E-state index < -0.39 is 0 Å². The minimum absolute atomic E-state index is 0.0988. The summed E-state index contributed by atoms with van der Waals surface area (Å²) < 4.78 is 7.83.